The molecule has 0 bridgehead atoms. The van der Waals surface area contributed by atoms with E-state index in [2.05, 4.69) is 9.73 Å². The van der Waals surface area contributed by atoms with Crippen LogP contribution in [0.4, 0.5) is 32.0 Å². The first-order chi connectivity index (χ1) is 11.0. The van der Waals surface area contributed by atoms with Crippen LogP contribution in [0.3, 0.4) is 0 Å². The summed E-state index contributed by atoms with van der Waals surface area (Å²) in [5, 5.41) is 0. The summed E-state index contributed by atoms with van der Waals surface area (Å²) in [6.07, 6.45) is -11.3. The van der Waals surface area contributed by atoms with Crippen molar-refractivity contribution in [1.82, 2.24) is 0 Å². The van der Waals surface area contributed by atoms with Crippen LogP contribution in [0.15, 0.2) is 29.3 Å². The third-order valence-corrected chi connectivity index (χ3v) is 3.62. The molecular weight excluding hydrogens is 342 g/mol. The fourth-order valence-corrected chi connectivity index (χ4v) is 2.39. The molecule has 1 aliphatic rings. The number of hydrogen-bond acceptors (Lipinski definition) is 4. The van der Waals surface area contributed by atoms with Gasteiger partial charge in [0.25, 0.3) is 11.6 Å². The predicted octanol–water partition coefficient (Wildman–Crippen LogP) is 3.48. The molecule has 0 amide bonds. The van der Waals surface area contributed by atoms with Gasteiger partial charge in [-0.2, -0.15) is 26.3 Å². The minimum absolute atomic E-state index is 0.243. The lowest BCUT2D eigenvalue weighted by atomic mass is 9.91. The number of alkyl halides is 6. The summed E-state index contributed by atoms with van der Waals surface area (Å²) in [6.45, 7) is 0.805. The number of benzene rings is 1. The minimum Gasteiger partial charge on any atom is -0.463 e. The van der Waals surface area contributed by atoms with E-state index in [1.807, 2.05) is 0 Å². The molecule has 0 spiro atoms. The Labute approximate surface area is 133 Å². The summed E-state index contributed by atoms with van der Waals surface area (Å²) in [6, 6.07) is 3.93. The summed E-state index contributed by atoms with van der Waals surface area (Å²) in [5.41, 5.74) is -5.12. The van der Waals surface area contributed by atoms with Gasteiger partial charge in [0.1, 0.15) is 6.61 Å². The average Bonchev–Trinajstić information content (AvgIpc) is 2.99. The number of rotatable bonds is 3. The first-order valence-electron chi connectivity index (χ1n) is 6.74. The molecule has 0 saturated carbocycles. The zero-order valence-electron chi connectivity index (χ0n) is 12.7. The molecule has 0 fully saturated rings. The van der Waals surface area contributed by atoms with Crippen LogP contribution in [0, 0.1) is 0 Å². The van der Waals surface area contributed by atoms with Gasteiger partial charge < -0.3 is 9.47 Å². The number of hydrogen-bond donors (Lipinski definition) is 0. The van der Waals surface area contributed by atoms with Gasteiger partial charge >= 0.3 is 12.4 Å². The van der Waals surface area contributed by atoms with E-state index >= 15 is 0 Å². The molecule has 1 aromatic rings. The SMILES string of the molecule is COC(c1ccc(N(C)C2=NCCO2)cc1)(C(F)(F)F)C(F)(F)F. The van der Waals surface area contributed by atoms with E-state index in [-0.39, 0.29) is 6.02 Å². The van der Waals surface area contributed by atoms with Gasteiger partial charge in [0.15, 0.2) is 0 Å². The molecule has 0 aromatic heterocycles. The third-order valence-electron chi connectivity index (χ3n) is 3.62. The molecule has 134 valence electrons. The Kier molecular flexibility index (Phi) is 4.71. The van der Waals surface area contributed by atoms with Crippen molar-refractivity contribution in [2.75, 3.05) is 32.2 Å². The second kappa shape index (κ2) is 6.15. The molecule has 4 nitrogen and oxygen atoms in total. The highest BCUT2D eigenvalue weighted by Gasteiger charge is 2.72. The third kappa shape index (κ3) is 2.90. The van der Waals surface area contributed by atoms with Crippen molar-refractivity contribution in [3.05, 3.63) is 29.8 Å². The molecule has 0 atom stereocenters. The molecule has 0 radical (unpaired) electrons. The van der Waals surface area contributed by atoms with E-state index in [0.717, 1.165) is 24.3 Å². The molecule has 0 saturated heterocycles. The standard InChI is InChI=1S/C14H14F6N2O2/c1-22(11-21-7-8-24-11)10-5-3-9(4-6-10)12(23-2,13(15,16)17)14(18,19)20/h3-6H,7-8H2,1-2H3. The Morgan fingerprint density at radius 2 is 1.58 bits per heavy atom. The lowest BCUT2D eigenvalue weighted by Crippen LogP contribution is -2.55. The van der Waals surface area contributed by atoms with Gasteiger partial charge in [-0.3, -0.25) is 4.90 Å². The summed E-state index contributed by atoms with van der Waals surface area (Å²) < 4.78 is 88.1. The normalized spacial score (nSPS) is 15.9. The molecule has 1 heterocycles. The van der Waals surface area contributed by atoms with Crippen molar-refractivity contribution in [3.63, 3.8) is 0 Å². The van der Waals surface area contributed by atoms with Crippen molar-refractivity contribution in [3.8, 4) is 0 Å². The van der Waals surface area contributed by atoms with Crippen LogP contribution in [0.5, 0.6) is 0 Å². The monoisotopic (exact) mass is 356 g/mol. The van der Waals surface area contributed by atoms with Gasteiger partial charge in [0.2, 0.25) is 0 Å². The molecule has 0 N–H and O–H groups in total. The highest BCUT2D eigenvalue weighted by Crippen LogP contribution is 2.52. The van der Waals surface area contributed by atoms with E-state index in [9.17, 15) is 26.3 Å². The van der Waals surface area contributed by atoms with Gasteiger partial charge in [-0.05, 0) is 12.1 Å². The van der Waals surface area contributed by atoms with Gasteiger partial charge in [-0.25, -0.2) is 4.99 Å². The number of anilines is 1. The van der Waals surface area contributed by atoms with E-state index in [4.69, 9.17) is 4.74 Å². The van der Waals surface area contributed by atoms with E-state index in [0.29, 0.717) is 25.9 Å². The first kappa shape index (κ1) is 18.4. The van der Waals surface area contributed by atoms with Crippen molar-refractivity contribution in [2.24, 2.45) is 4.99 Å². The molecule has 2 rings (SSSR count). The molecule has 10 heteroatoms. The van der Waals surface area contributed by atoms with E-state index < -0.39 is 23.5 Å². The molecule has 1 aliphatic heterocycles. The van der Waals surface area contributed by atoms with Crippen molar-refractivity contribution in [1.29, 1.82) is 0 Å². The Hall–Kier alpha value is -1.97. The summed E-state index contributed by atoms with van der Waals surface area (Å²) >= 11 is 0. The summed E-state index contributed by atoms with van der Waals surface area (Å²) in [5.74, 6) is 0. The van der Waals surface area contributed by atoms with Gasteiger partial charge in [0.05, 0.1) is 6.54 Å². The Bertz CT molecular complexity index is 595. The fourth-order valence-electron chi connectivity index (χ4n) is 2.39. The van der Waals surface area contributed by atoms with Crippen molar-refractivity contribution < 1.29 is 35.8 Å². The zero-order chi connectivity index (χ0) is 18.2. The zero-order valence-corrected chi connectivity index (χ0v) is 12.7. The maximum Gasteiger partial charge on any atom is 0.430 e. The van der Waals surface area contributed by atoms with Crippen LogP contribution in [0.25, 0.3) is 0 Å². The number of aliphatic imine (C=N–C) groups is 1. The first-order valence-corrected chi connectivity index (χ1v) is 6.74. The quantitative estimate of drug-likeness (QED) is 0.778. The van der Waals surface area contributed by atoms with Crippen molar-refractivity contribution in [2.45, 2.75) is 18.0 Å². The van der Waals surface area contributed by atoms with Crippen LogP contribution in [-0.2, 0) is 15.1 Å². The fraction of sp³-hybridized carbons (Fsp3) is 0.500. The van der Waals surface area contributed by atoms with Crippen LogP contribution in [-0.4, -0.2) is 45.7 Å². The molecule has 1 aromatic carbocycles. The second-order valence-corrected chi connectivity index (χ2v) is 5.00. The molecule has 0 aliphatic carbocycles. The summed E-state index contributed by atoms with van der Waals surface area (Å²) in [7, 11) is 1.92. The summed E-state index contributed by atoms with van der Waals surface area (Å²) in [4.78, 5) is 5.44. The van der Waals surface area contributed by atoms with Crippen molar-refractivity contribution >= 4 is 11.7 Å². The van der Waals surface area contributed by atoms with E-state index in [1.54, 1.807) is 0 Å². The van der Waals surface area contributed by atoms with E-state index in [1.165, 1.54) is 11.9 Å². The van der Waals surface area contributed by atoms with Gasteiger partial charge in [-0.1, -0.05) is 12.1 Å². The highest BCUT2D eigenvalue weighted by molar-refractivity contribution is 5.91. The number of ether oxygens (including phenoxy) is 2. The van der Waals surface area contributed by atoms with Gasteiger partial charge in [-0.15, -0.1) is 0 Å². The molecular formula is C14H14F6N2O2. The topological polar surface area (TPSA) is 34.1 Å². The van der Waals surface area contributed by atoms with Gasteiger partial charge in [0, 0.05) is 25.4 Å². The Morgan fingerprint density at radius 1 is 1.04 bits per heavy atom. The lowest BCUT2D eigenvalue weighted by molar-refractivity contribution is -0.383. The largest absolute Gasteiger partial charge is 0.463 e. The molecule has 0 unspecified atom stereocenters. The lowest BCUT2D eigenvalue weighted by Gasteiger charge is -2.36. The number of nitrogens with zero attached hydrogens (tertiary/aromatic N) is 2. The highest BCUT2D eigenvalue weighted by atomic mass is 19.4. The van der Waals surface area contributed by atoms with Crippen LogP contribution in [0.1, 0.15) is 5.56 Å². The number of methoxy groups -OCH3 is 1. The number of amidine groups is 1. The smallest absolute Gasteiger partial charge is 0.430 e. The Balaban J connectivity index is 2.43. The number of halogens is 6. The maximum absolute atomic E-state index is 13.2. The average molecular weight is 356 g/mol. The second-order valence-electron chi connectivity index (χ2n) is 5.00. The minimum atomic E-state index is -5.67. The predicted molar refractivity (Wildman–Crippen MR) is 73.9 cm³/mol. The van der Waals surface area contributed by atoms with Crippen LogP contribution >= 0.6 is 0 Å². The van der Waals surface area contributed by atoms with Crippen LogP contribution in [0.2, 0.25) is 0 Å². The van der Waals surface area contributed by atoms with Crippen LogP contribution < -0.4 is 4.90 Å². The molecule has 24 heavy (non-hydrogen) atoms. The Morgan fingerprint density at radius 3 is 1.96 bits per heavy atom. The maximum atomic E-state index is 13.2.